The van der Waals surface area contributed by atoms with Gasteiger partial charge in [-0.15, -0.1) is 0 Å². The van der Waals surface area contributed by atoms with Gasteiger partial charge in [0.2, 0.25) is 15.9 Å². The molecule has 6 nitrogen and oxygen atoms in total. The number of rotatable bonds is 6. The van der Waals surface area contributed by atoms with Crippen molar-refractivity contribution in [2.75, 3.05) is 26.0 Å². The lowest BCUT2D eigenvalue weighted by atomic mass is 10.1. The molecule has 0 spiro atoms. The number of sulfonamides is 1. The zero-order chi connectivity index (χ0) is 20.3. The summed E-state index contributed by atoms with van der Waals surface area (Å²) in [4.78, 5) is 12.1. The average molecular weight is 402 g/mol. The third-order valence-corrected chi connectivity index (χ3v) is 6.07. The van der Waals surface area contributed by atoms with Gasteiger partial charge in [-0.2, -0.15) is 4.31 Å². The largest absolute Gasteiger partial charge is 0.495 e. The first-order valence-electron chi connectivity index (χ1n) is 8.40. The molecule has 28 heavy (non-hydrogen) atoms. The maximum Gasteiger partial charge on any atom is 0.247 e. The lowest BCUT2D eigenvalue weighted by Crippen LogP contribution is -2.35. The maximum absolute atomic E-state index is 13.6. The summed E-state index contributed by atoms with van der Waals surface area (Å²) >= 11 is 0. The molecule has 0 aromatic heterocycles. The highest BCUT2D eigenvalue weighted by Crippen LogP contribution is 2.27. The number of carbonyl (C=O) groups excluding carboxylic acids is 1. The fraction of sp³-hybridized carbons (Fsp3) is 0.150. The first-order valence-corrected chi connectivity index (χ1v) is 9.84. The Morgan fingerprint density at radius 1 is 1.11 bits per heavy atom. The third kappa shape index (κ3) is 3.97. The summed E-state index contributed by atoms with van der Waals surface area (Å²) in [5, 5.41) is 4.52. The second kappa shape index (κ2) is 7.95. The zero-order valence-electron chi connectivity index (χ0n) is 15.3. The summed E-state index contributed by atoms with van der Waals surface area (Å²) in [7, 11) is -1.58. The number of hydrogen-bond donors (Lipinski definition) is 1. The molecule has 0 saturated carbocycles. The van der Waals surface area contributed by atoms with Crippen molar-refractivity contribution in [3.8, 4) is 5.75 Å². The Morgan fingerprint density at radius 2 is 1.82 bits per heavy atom. The van der Waals surface area contributed by atoms with Gasteiger partial charge in [-0.05, 0) is 29.7 Å². The molecule has 8 heteroatoms. The number of benzene rings is 3. The molecule has 0 saturated heterocycles. The number of nitrogens with one attached hydrogen (secondary N) is 1. The van der Waals surface area contributed by atoms with Gasteiger partial charge in [-0.25, -0.2) is 12.8 Å². The molecule has 3 aromatic carbocycles. The molecular weight excluding hydrogens is 383 g/mol. The number of halogens is 1. The first kappa shape index (κ1) is 19.8. The summed E-state index contributed by atoms with van der Waals surface area (Å²) in [5.74, 6) is -1.23. The topological polar surface area (TPSA) is 75.7 Å². The highest BCUT2D eigenvalue weighted by Gasteiger charge is 2.27. The van der Waals surface area contributed by atoms with Crippen LogP contribution in [0.25, 0.3) is 10.8 Å². The molecule has 0 aliphatic carbocycles. The average Bonchev–Trinajstić information content (AvgIpc) is 2.68. The van der Waals surface area contributed by atoms with Crippen molar-refractivity contribution < 1.29 is 22.3 Å². The Kier molecular flexibility index (Phi) is 5.62. The van der Waals surface area contributed by atoms with E-state index >= 15 is 0 Å². The van der Waals surface area contributed by atoms with E-state index in [-0.39, 0.29) is 10.6 Å². The van der Waals surface area contributed by atoms with Gasteiger partial charge in [-0.1, -0.05) is 36.4 Å². The minimum Gasteiger partial charge on any atom is -0.495 e. The van der Waals surface area contributed by atoms with E-state index in [9.17, 15) is 17.6 Å². The van der Waals surface area contributed by atoms with Crippen LogP contribution in [0.2, 0.25) is 0 Å². The van der Waals surface area contributed by atoms with E-state index in [0.717, 1.165) is 27.2 Å². The van der Waals surface area contributed by atoms with Crippen LogP contribution in [-0.2, 0) is 14.8 Å². The Balaban J connectivity index is 1.81. The molecular formula is C20H19FN2O4S. The van der Waals surface area contributed by atoms with Gasteiger partial charge < -0.3 is 10.1 Å². The highest BCUT2D eigenvalue weighted by atomic mass is 32.2. The van der Waals surface area contributed by atoms with Crippen molar-refractivity contribution in [2.45, 2.75) is 4.90 Å². The molecule has 0 heterocycles. The van der Waals surface area contributed by atoms with Crippen LogP contribution in [0.3, 0.4) is 0 Å². The molecule has 146 valence electrons. The predicted octanol–water partition coefficient (Wildman–Crippen LogP) is 3.25. The van der Waals surface area contributed by atoms with Gasteiger partial charge in [0.1, 0.15) is 16.5 Å². The summed E-state index contributed by atoms with van der Waals surface area (Å²) in [6.07, 6.45) is 0. The van der Waals surface area contributed by atoms with Crippen molar-refractivity contribution >= 4 is 32.4 Å². The van der Waals surface area contributed by atoms with Crippen LogP contribution in [0.1, 0.15) is 0 Å². The van der Waals surface area contributed by atoms with Crippen LogP contribution in [0, 0.1) is 5.82 Å². The van der Waals surface area contributed by atoms with Crippen molar-refractivity contribution in [3.05, 3.63) is 66.5 Å². The number of nitrogens with zero attached hydrogens (tertiary/aromatic N) is 1. The molecule has 0 radical (unpaired) electrons. The predicted molar refractivity (Wildman–Crippen MR) is 105 cm³/mol. The lowest BCUT2D eigenvalue weighted by Gasteiger charge is -2.19. The normalized spacial score (nSPS) is 11.6. The van der Waals surface area contributed by atoms with Crippen molar-refractivity contribution in [2.24, 2.45) is 0 Å². The first-order chi connectivity index (χ1) is 13.3. The van der Waals surface area contributed by atoms with Gasteiger partial charge >= 0.3 is 0 Å². The van der Waals surface area contributed by atoms with E-state index in [1.54, 1.807) is 12.1 Å². The van der Waals surface area contributed by atoms with E-state index in [2.05, 4.69) is 5.32 Å². The number of anilines is 1. The van der Waals surface area contributed by atoms with Crippen LogP contribution in [0.15, 0.2) is 65.6 Å². The minimum atomic E-state index is -4.13. The smallest absolute Gasteiger partial charge is 0.247 e. The number of ether oxygens (including phenoxy) is 1. The standard InChI is InChI=1S/C20H19FN2O4S/c1-23(28(25,26)19-12-15(21)10-11-18(19)27-2)13-20(24)22-17-9-5-7-14-6-3-4-8-16(14)17/h3-12H,13H2,1-2H3,(H,22,24). The minimum absolute atomic E-state index is 0.00251. The van der Waals surface area contributed by atoms with Crippen LogP contribution in [0.4, 0.5) is 10.1 Å². The van der Waals surface area contributed by atoms with Gasteiger partial charge in [0, 0.05) is 18.1 Å². The summed E-state index contributed by atoms with van der Waals surface area (Å²) < 4.78 is 44.9. The monoisotopic (exact) mass is 402 g/mol. The van der Waals surface area contributed by atoms with E-state index in [0.29, 0.717) is 5.69 Å². The summed E-state index contributed by atoms with van der Waals surface area (Å²) in [5.41, 5.74) is 0.581. The van der Waals surface area contributed by atoms with Crippen LogP contribution >= 0.6 is 0 Å². The van der Waals surface area contributed by atoms with Crippen LogP contribution < -0.4 is 10.1 Å². The summed E-state index contributed by atoms with van der Waals surface area (Å²) in [6.45, 7) is -0.439. The number of fused-ring (bicyclic) bond motifs is 1. The molecule has 1 amide bonds. The fourth-order valence-electron chi connectivity index (χ4n) is 2.83. The van der Waals surface area contributed by atoms with Gasteiger partial charge in [-0.3, -0.25) is 4.79 Å². The van der Waals surface area contributed by atoms with Gasteiger partial charge in [0.15, 0.2) is 0 Å². The Labute approximate surface area is 162 Å². The van der Waals surface area contributed by atoms with Crippen molar-refractivity contribution in [1.29, 1.82) is 0 Å². The lowest BCUT2D eigenvalue weighted by molar-refractivity contribution is -0.116. The number of likely N-dealkylation sites (N-methyl/N-ethyl adjacent to an activating group) is 1. The number of methoxy groups -OCH3 is 1. The molecule has 3 rings (SSSR count). The highest BCUT2D eigenvalue weighted by molar-refractivity contribution is 7.89. The number of hydrogen-bond acceptors (Lipinski definition) is 4. The van der Waals surface area contributed by atoms with Crippen LogP contribution in [-0.4, -0.2) is 39.3 Å². The SMILES string of the molecule is COc1ccc(F)cc1S(=O)(=O)N(C)CC(=O)Nc1cccc2ccccc12. The molecule has 3 aromatic rings. The molecule has 1 N–H and O–H groups in total. The zero-order valence-corrected chi connectivity index (χ0v) is 16.2. The van der Waals surface area contributed by atoms with Crippen LogP contribution in [0.5, 0.6) is 5.75 Å². The number of carbonyl (C=O) groups is 1. The van der Waals surface area contributed by atoms with Gasteiger partial charge in [0.25, 0.3) is 0 Å². The van der Waals surface area contributed by atoms with Crippen molar-refractivity contribution in [3.63, 3.8) is 0 Å². The fourth-order valence-corrected chi connectivity index (χ4v) is 4.12. The second-order valence-corrected chi connectivity index (χ2v) is 8.14. The molecule has 0 aliphatic heterocycles. The van der Waals surface area contributed by atoms with Crippen molar-refractivity contribution in [1.82, 2.24) is 4.31 Å². The Morgan fingerprint density at radius 3 is 2.57 bits per heavy atom. The molecule has 0 aliphatic rings. The van der Waals surface area contributed by atoms with E-state index < -0.39 is 28.3 Å². The van der Waals surface area contributed by atoms with E-state index in [1.807, 2.05) is 30.3 Å². The number of amides is 1. The second-order valence-electron chi connectivity index (χ2n) is 6.13. The molecule has 0 atom stereocenters. The van der Waals surface area contributed by atoms with E-state index in [1.165, 1.54) is 20.2 Å². The summed E-state index contributed by atoms with van der Waals surface area (Å²) in [6, 6.07) is 16.2. The third-order valence-electron chi connectivity index (χ3n) is 4.24. The molecule has 0 fully saturated rings. The molecule has 0 bridgehead atoms. The Bertz CT molecular complexity index is 1130. The molecule has 0 unspecified atom stereocenters. The quantitative estimate of drug-likeness (QED) is 0.687. The van der Waals surface area contributed by atoms with E-state index in [4.69, 9.17) is 4.74 Å². The van der Waals surface area contributed by atoms with Gasteiger partial charge in [0.05, 0.1) is 13.7 Å². The Hall–Kier alpha value is -2.97. The maximum atomic E-state index is 13.6.